The van der Waals surface area contributed by atoms with Crippen molar-refractivity contribution in [1.29, 1.82) is 0 Å². The molecule has 2 atom stereocenters. The van der Waals surface area contributed by atoms with Crippen LogP contribution in [0.15, 0.2) is 18.3 Å². The van der Waals surface area contributed by atoms with Gasteiger partial charge in [-0.3, -0.25) is 0 Å². The topological polar surface area (TPSA) is 94.4 Å². The molecule has 0 aliphatic heterocycles. The van der Waals surface area contributed by atoms with Gasteiger partial charge in [0.25, 0.3) is 0 Å². The van der Waals surface area contributed by atoms with Crippen LogP contribution >= 0.6 is 0 Å². The molecule has 0 aliphatic rings. The average Bonchev–Trinajstić information content (AvgIpc) is 2.52. The van der Waals surface area contributed by atoms with Crippen molar-refractivity contribution in [3.63, 3.8) is 0 Å². The van der Waals surface area contributed by atoms with Crippen LogP contribution in [0.5, 0.6) is 0 Å². The first-order valence-corrected chi connectivity index (χ1v) is 9.05. The quantitative estimate of drug-likeness (QED) is 0.562. The molecule has 1 N–H and O–H groups in total. The molecule has 0 fully saturated rings. The van der Waals surface area contributed by atoms with E-state index in [2.05, 4.69) is 31.1 Å². The fourth-order valence-corrected chi connectivity index (χ4v) is 2.07. The zero-order valence-electron chi connectivity index (χ0n) is 17.0. The summed E-state index contributed by atoms with van der Waals surface area (Å²) in [6.07, 6.45) is 4.23. The number of nitrogens with zero attached hydrogens (tertiary/aromatic N) is 2. The minimum absolute atomic E-state index is 0.0972. The Bertz CT molecular complexity index is 570. The maximum Gasteiger partial charge on any atom is 0.407 e. The molecule has 0 radical (unpaired) electrons. The van der Waals surface area contributed by atoms with Crippen LogP contribution in [0.4, 0.5) is 10.6 Å². The summed E-state index contributed by atoms with van der Waals surface area (Å²) in [5.41, 5.74) is 0.431. The lowest BCUT2D eigenvalue weighted by Crippen LogP contribution is -2.39. The molecule has 1 heterocycles. The van der Waals surface area contributed by atoms with E-state index < -0.39 is 10.5 Å². The van der Waals surface area contributed by atoms with E-state index in [9.17, 15) is 14.9 Å². The third-order valence-corrected chi connectivity index (χ3v) is 3.69. The number of hydrogen-bond acceptors (Lipinski definition) is 5. The molecule has 1 unspecified atom stereocenters. The standard InChI is InChI=1S/C13H27NO2.C6H6N2O2/c1-7-10(3)9-11(8-2)14-12(15)16-13(4,5)6;1-5-2-3-7-6(4-5)8(9)10/h10-11H,7-9H2,1-6H3,(H,14,15);2-4H,1H3/t10-,11?;/m1./s1. The monoisotopic (exact) mass is 367 g/mol. The first kappa shape index (κ1) is 23.8. The van der Waals surface area contributed by atoms with Crippen molar-refractivity contribution in [2.45, 2.75) is 79.4 Å². The minimum atomic E-state index is -0.507. The van der Waals surface area contributed by atoms with Gasteiger partial charge in [0.05, 0.1) is 0 Å². The molecule has 1 aromatic rings. The van der Waals surface area contributed by atoms with Crippen molar-refractivity contribution in [2.24, 2.45) is 5.92 Å². The smallest absolute Gasteiger partial charge is 0.407 e. The van der Waals surface area contributed by atoms with Gasteiger partial charge in [-0.2, -0.15) is 0 Å². The number of ether oxygens (including phenoxy) is 1. The van der Waals surface area contributed by atoms with Gasteiger partial charge in [-0.05, 0) is 68.0 Å². The van der Waals surface area contributed by atoms with E-state index in [1.807, 2.05) is 20.8 Å². The Morgan fingerprint density at radius 1 is 1.35 bits per heavy atom. The van der Waals surface area contributed by atoms with Crippen molar-refractivity contribution in [1.82, 2.24) is 10.3 Å². The first-order chi connectivity index (χ1) is 12.0. The van der Waals surface area contributed by atoms with Gasteiger partial charge in [0.2, 0.25) is 0 Å². The molecule has 1 amide bonds. The lowest BCUT2D eigenvalue weighted by atomic mass is 9.98. The van der Waals surface area contributed by atoms with Gasteiger partial charge in [-0.1, -0.05) is 27.2 Å². The molecule has 0 aromatic carbocycles. The Balaban J connectivity index is 0.000000531. The van der Waals surface area contributed by atoms with E-state index in [-0.39, 0.29) is 18.0 Å². The van der Waals surface area contributed by atoms with Crippen LogP contribution < -0.4 is 5.32 Å². The number of nitrogens with one attached hydrogen (secondary N) is 1. The number of aromatic nitrogens is 1. The summed E-state index contributed by atoms with van der Waals surface area (Å²) in [4.78, 5) is 24.7. The highest BCUT2D eigenvalue weighted by molar-refractivity contribution is 5.68. The van der Waals surface area contributed by atoms with Crippen LogP contribution in [0.1, 0.15) is 66.4 Å². The first-order valence-electron chi connectivity index (χ1n) is 9.05. The van der Waals surface area contributed by atoms with Crippen molar-refractivity contribution in [3.8, 4) is 0 Å². The normalized spacial score (nSPS) is 13.0. The van der Waals surface area contributed by atoms with Gasteiger partial charge in [0.15, 0.2) is 0 Å². The van der Waals surface area contributed by atoms with E-state index >= 15 is 0 Å². The van der Waals surface area contributed by atoms with Crippen LogP contribution in [0.3, 0.4) is 0 Å². The zero-order valence-corrected chi connectivity index (χ0v) is 17.0. The lowest BCUT2D eigenvalue weighted by molar-refractivity contribution is -0.389. The van der Waals surface area contributed by atoms with Gasteiger partial charge in [-0.15, -0.1) is 0 Å². The number of pyridine rings is 1. The molecule has 148 valence electrons. The number of carbonyl (C=O) groups excluding carboxylic acids is 1. The molecule has 0 saturated heterocycles. The van der Waals surface area contributed by atoms with Crippen molar-refractivity contribution >= 4 is 11.9 Å². The summed E-state index contributed by atoms with van der Waals surface area (Å²) in [6.45, 7) is 13.9. The SMILES string of the molecule is CCC(C[C@H](C)CC)NC(=O)OC(C)(C)C.Cc1ccnc([N+](=O)[O-])c1. The summed E-state index contributed by atoms with van der Waals surface area (Å²) in [5, 5.41) is 13.0. The maximum absolute atomic E-state index is 11.6. The second-order valence-electron chi connectivity index (χ2n) is 7.45. The number of amides is 1. The molecular formula is C19H33N3O4. The summed E-state index contributed by atoms with van der Waals surface area (Å²) in [6, 6.07) is 3.37. The molecule has 26 heavy (non-hydrogen) atoms. The van der Waals surface area contributed by atoms with Gasteiger partial charge in [-0.25, -0.2) is 4.79 Å². The van der Waals surface area contributed by atoms with Crippen LogP contribution in [0, 0.1) is 23.0 Å². The Kier molecular flexibility index (Phi) is 10.5. The molecular weight excluding hydrogens is 334 g/mol. The molecule has 0 aliphatic carbocycles. The molecule has 0 spiro atoms. The fraction of sp³-hybridized carbons (Fsp3) is 0.684. The predicted octanol–water partition coefficient (Wildman–Crippen LogP) is 5.02. The van der Waals surface area contributed by atoms with E-state index in [0.29, 0.717) is 5.92 Å². The van der Waals surface area contributed by atoms with Gasteiger partial charge in [0.1, 0.15) is 11.8 Å². The second-order valence-corrected chi connectivity index (χ2v) is 7.45. The molecule has 1 aromatic heterocycles. The number of nitro groups is 1. The minimum Gasteiger partial charge on any atom is -0.444 e. The number of aryl methyl sites for hydroxylation is 1. The van der Waals surface area contributed by atoms with E-state index in [1.54, 1.807) is 13.0 Å². The molecule has 7 heteroatoms. The van der Waals surface area contributed by atoms with E-state index in [4.69, 9.17) is 4.74 Å². The third-order valence-electron chi connectivity index (χ3n) is 3.69. The third kappa shape index (κ3) is 11.4. The molecule has 0 bridgehead atoms. The molecule has 1 rings (SSSR count). The summed E-state index contributed by atoms with van der Waals surface area (Å²) in [5.74, 6) is 0.542. The van der Waals surface area contributed by atoms with E-state index in [0.717, 1.165) is 24.8 Å². The van der Waals surface area contributed by atoms with Crippen LogP contribution in [0.2, 0.25) is 0 Å². The molecule has 0 saturated carbocycles. The molecule has 7 nitrogen and oxygen atoms in total. The summed E-state index contributed by atoms with van der Waals surface area (Å²) in [7, 11) is 0. The van der Waals surface area contributed by atoms with Crippen LogP contribution in [0.25, 0.3) is 0 Å². The highest BCUT2D eigenvalue weighted by atomic mass is 16.6. The van der Waals surface area contributed by atoms with Crippen LogP contribution in [-0.4, -0.2) is 27.6 Å². The number of alkyl carbamates (subject to hydrolysis) is 1. The zero-order chi connectivity index (χ0) is 20.3. The Hall–Kier alpha value is -2.18. The van der Waals surface area contributed by atoms with E-state index in [1.165, 1.54) is 12.3 Å². The number of hydrogen-bond donors (Lipinski definition) is 1. The van der Waals surface area contributed by atoms with Crippen molar-refractivity contribution in [2.75, 3.05) is 0 Å². The maximum atomic E-state index is 11.6. The summed E-state index contributed by atoms with van der Waals surface area (Å²) >= 11 is 0. The Morgan fingerprint density at radius 3 is 2.35 bits per heavy atom. The highest BCUT2D eigenvalue weighted by Crippen LogP contribution is 2.13. The average molecular weight is 367 g/mol. The number of rotatable bonds is 6. The van der Waals surface area contributed by atoms with Gasteiger partial charge < -0.3 is 20.2 Å². The van der Waals surface area contributed by atoms with Crippen molar-refractivity contribution in [3.05, 3.63) is 34.0 Å². The largest absolute Gasteiger partial charge is 0.444 e. The van der Waals surface area contributed by atoms with Gasteiger partial charge in [0, 0.05) is 12.1 Å². The van der Waals surface area contributed by atoms with Crippen LogP contribution in [-0.2, 0) is 4.74 Å². The highest BCUT2D eigenvalue weighted by Gasteiger charge is 2.19. The van der Waals surface area contributed by atoms with Crippen molar-refractivity contribution < 1.29 is 14.5 Å². The predicted molar refractivity (Wildman–Crippen MR) is 103 cm³/mol. The lowest BCUT2D eigenvalue weighted by Gasteiger charge is -2.24. The second kappa shape index (κ2) is 11.4. The number of carbonyl (C=O) groups is 1. The van der Waals surface area contributed by atoms with Gasteiger partial charge >= 0.3 is 11.9 Å². The Morgan fingerprint density at radius 2 is 1.96 bits per heavy atom. The summed E-state index contributed by atoms with van der Waals surface area (Å²) < 4.78 is 5.24. The fourth-order valence-electron chi connectivity index (χ4n) is 2.07. The Labute approximate surface area is 156 Å².